The van der Waals surface area contributed by atoms with E-state index in [9.17, 15) is 14.4 Å². The van der Waals surface area contributed by atoms with Crippen molar-refractivity contribution < 1.29 is 19.1 Å². The number of halogens is 2. The van der Waals surface area contributed by atoms with Crippen molar-refractivity contribution in [1.82, 2.24) is 10.6 Å². The third kappa shape index (κ3) is 5.54. The molecule has 118 valence electrons. The van der Waals surface area contributed by atoms with Crippen LogP contribution in [0.5, 0.6) is 0 Å². The molecule has 2 N–H and O–H groups in total. The molecule has 0 bridgehead atoms. The van der Waals surface area contributed by atoms with Crippen molar-refractivity contribution in [3.63, 3.8) is 0 Å². The Kier molecular flexibility index (Phi) is 5.63. The van der Waals surface area contributed by atoms with Gasteiger partial charge in [0.25, 0.3) is 5.91 Å². The lowest BCUT2D eigenvalue weighted by atomic mass is 10.1. The number of hydrogen-bond acceptors (Lipinski definition) is 4. The first-order valence-corrected chi connectivity index (χ1v) is 7.39. The molecule has 0 aliphatic heterocycles. The fourth-order valence-corrected chi connectivity index (χ4v) is 2.10. The Hall–Kier alpha value is -1.79. The molecule has 0 saturated heterocycles. The molecule has 22 heavy (non-hydrogen) atoms. The predicted molar refractivity (Wildman–Crippen MR) is 80.8 cm³/mol. The minimum absolute atomic E-state index is 0.0858. The number of hydrogen-bond donors (Lipinski definition) is 2. The molecular weight excluding hydrogens is 331 g/mol. The first-order chi connectivity index (χ1) is 10.4. The summed E-state index contributed by atoms with van der Waals surface area (Å²) in [5.41, 5.74) is 0.544. The monoisotopic (exact) mass is 344 g/mol. The molecule has 1 aliphatic carbocycles. The van der Waals surface area contributed by atoms with E-state index in [4.69, 9.17) is 27.9 Å². The van der Waals surface area contributed by atoms with Crippen molar-refractivity contribution in [3.05, 3.63) is 33.8 Å². The molecule has 3 amide bonds. The zero-order valence-electron chi connectivity index (χ0n) is 11.5. The molecular formula is C14H14Cl2N2O4. The van der Waals surface area contributed by atoms with Crippen LogP contribution in [0.3, 0.4) is 0 Å². The Bertz CT molecular complexity index is 603. The third-order valence-corrected chi connectivity index (χ3v) is 3.47. The fourth-order valence-electron chi connectivity index (χ4n) is 1.63. The average Bonchev–Trinajstić information content (AvgIpc) is 3.23. The summed E-state index contributed by atoms with van der Waals surface area (Å²) in [6, 6.07) is 4.28. The second-order valence-corrected chi connectivity index (χ2v) is 5.71. The average molecular weight is 345 g/mol. The normalized spacial score (nSPS) is 13.4. The van der Waals surface area contributed by atoms with Gasteiger partial charge in [-0.3, -0.25) is 14.9 Å². The van der Waals surface area contributed by atoms with E-state index in [0.717, 1.165) is 12.8 Å². The summed E-state index contributed by atoms with van der Waals surface area (Å²) in [6.07, 6.45) is 1.74. The largest absolute Gasteiger partial charge is 0.455 e. The van der Waals surface area contributed by atoms with Crippen LogP contribution in [0.2, 0.25) is 10.0 Å². The molecule has 1 aliphatic rings. The lowest BCUT2D eigenvalue weighted by molar-refractivity contribution is -0.147. The molecule has 0 unspecified atom stereocenters. The molecule has 1 aromatic rings. The van der Waals surface area contributed by atoms with Gasteiger partial charge >= 0.3 is 12.0 Å². The van der Waals surface area contributed by atoms with Gasteiger partial charge in [0, 0.05) is 16.1 Å². The Morgan fingerprint density at radius 2 is 1.95 bits per heavy atom. The lowest BCUT2D eigenvalue weighted by Crippen LogP contribution is -2.42. The van der Waals surface area contributed by atoms with Crippen molar-refractivity contribution in [2.45, 2.75) is 25.3 Å². The van der Waals surface area contributed by atoms with Gasteiger partial charge in [-0.1, -0.05) is 29.3 Å². The van der Waals surface area contributed by atoms with E-state index in [0.29, 0.717) is 15.6 Å². The van der Waals surface area contributed by atoms with Gasteiger partial charge in [0.05, 0.1) is 6.42 Å². The van der Waals surface area contributed by atoms with E-state index < -0.39 is 24.5 Å². The van der Waals surface area contributed by atoms with Gasteiger partial charge in [-0.15, -0.1) is 0 Å². The number of ether oxygens (including phenoxy) is 1. The second-order valence-electron chi connectivity index (χ2n) is 4.87. The molecule has 0 heterocycles. The number of rotatable bonds is 5. The fraction of sp³-hybridized carbons (Fsp3) is 0.357. The van der Waals surface area contributed by atoms with Crippen molar-refractivity contribution in [2.24, 2.45) is 0 Å². The maximum absolute atomic E-state index is 11.6. The Morgan fingerprint density at radius 3 is 2.59 bits per heavy atom. The summed E-state index contributed by atoms with van der Waals surface area (Å²) in [4.78, 5) is 34.4. The third-order valence-electron chi connectivity index (χ3n) is 2.88. The van der Waals surface area contributed by atoms with Gasteiger partial charge in [-0.2, -0.15) is 0 Å². The minimum Gasteiger partial charge on any atom is -0.455 e. The zero-order chi connectivity index (χ0) is 16.1. The maximum atomic E-state index is 11.6. The van der Waals surface area contributed by atoms with E-state index in [1.54, 1.807) is 12.1 Å². The summed E-state index contributed by atoms with van der Waals surface area (Å²) >= 11 is 11.7. The number of carbonyl (C=O) groups is 3. The number of esters is 1. The summed E-state index contributed by atoms with van der Waals surface area (Å²) in [7, 11) is 0. The predicted octanol–water partition coefficient (Wildman–Crippen LogP) is 2.07. The molecule has 0 atom stereocenters. The molecule has 6 nitrogen and oxygen atoms in total. The van der Waals surface area contributed by atoms with Crippen LogP contribution in [0.4, 0.5) is 4.79 Å². The van der Waals surface area contributed by atoms with Crippen molar-refractivity contribution in [2.75, 3.05) is 6.61 Å². The standard InChI is InChI=1S/C14H14Cl2N2O4/c15-9-2-1-8(11(16)6-9)5-13(20)22-7-12(19)18-14(21)17-10-3-4-10/h1-2,6,10H,3-5,7H2,(H2,17,18,19,21). The van der Waals surface area contributed by atoms with E-state index in [1.165, 1.54) is 6.07 Å². The van der Waals surface area contributed by atoms with E-state index >= 15 is 0 Å². The van der Waals surface area contributed by atoms with Gasteiger partial charge < -0.3 is 10.1 Å². The first-order valence-electron chi connectivity index (χ1n) is 6.64. The molecule has 0 aromatic heterocycles. The van der Waals surface area contributed by atoms with E-state index in [2.05, 4.69) is 10.6 Å². The molecule has 2 rings (SSSR count). The topological polar surface area (TPSA) is 84.5 Å². The number of imide groups is 1. The zero-order valence-corrected chi connectivity index (χ0v) is 13.0. The van der Waals surface area contributed by atoms with Crippen LogP contribution in [0.1, 0.15) is 18.4 Å². The van der Waals surface area contributed by atoms with Crippen LogP contribution in [0, 0.1) is 0 Å². The molecule has 1 aromatic carbocycles. The van der Waals surface area contributed by atoms with Gasteiger partial charge in [0.15, 0.2) is 6.61 Å². The second kappa shape index (κ2) is 7.47. The Labute approximate surface area is 137 Å². The number of nitrogens with one attached hydrogen (secondary N) is 2. The highest BCUT2D eigenvalue weighted by Gasteiger charge is 2.24. The Morgan fingerprint density at radius 1 is 1.23 bits per heavy atom. The smallest absolute Gasteiger partial charge is 0.321 e. The van der Waals surface area contributed by atoms with Crippen molar-refractivity contribution in [3.8, 4) is 0 Å². The van der Waals surface area contributed by atoms with E-state index in [-0.39, 0.29) is 12.5 Å². The molecule has 8 heteroatoms. The highest BCUT2D eigenvalue weighted by molar-refractivity contribution is 6.35. The van der Waals surface area contributed by atoms with E-state index in [1.807, 2.05) is 0 Å². The van der Waals surface area contributed by atoms with Crippen LogP contribution in [0.25, 0.3) is 0 Å². The van der Waals surface area contributed by atoms with Crippen LogP contribution in [-0.2, 0) is 20.7 Å². The van der Waals surface area contributed by atoms with Crippen LogP contribution in [0.15, 0.2) is 18.2 Å². The lowest BCUT2D eigenvalue weighted by Gasteiger charge is -2.07. The summed E-state index contributed by atoms with van der Waals surface area (Å²) in [5, 5.41) is 5.47. The molecule has 0 spiro atoms. The SMILES string of the molecule is O=C(COC(=O)Cc1ccc(Cl)cc1Cl)NC(=O)NC1CC1. The maximum Gasteiger partial charge on any atom is 0.321 e. The van der Waals surface area contributed by atoms with Crippen LogP contribution >= 0.6 is 23.2 Å². The van der Waals surface area contributed by atoms with Gasteiger partial charge in [-0.25, -0.2) is 4.79 Å². The van der Waals surface area contributed by atoms with Crippen LogP contribution in [-0.4, -0.2) is 30.6 Å². The summed E-state index contributed by atoms with van der Waals surface area (Å²) < 4.78 is 4.79. The van der Waals surface area contributed by atoms with Gasteiger partial charge in [-0.05, 0) is 30.5 Å². The highest BCUT2D eigenvalue weighted by atomic mass is 35.5. The van der Waals surface area contributed by atoms with Gasteiger partial charge in [0.2, 0.25) is 0 Å². The summed E-state index contributed by atoms with van der Waals surface area (Å²) in [6.45, 7) is -0.526. The summed E-state index contributed by atoms with van der Waals surface area (Å²) in [5.74, 6) is -1.31. The number of benzene rings is 1. The van der Waals surface area contributed by atoms with Gasteiger partial charge in [0.1, 0.15) is 0 Å². The molecule has 0 radical (unpaired) electrons. The van der Waals surface area contributed by atoms with Crippen molar-refractivity contribution >= 4 is 41.1 Å². The number of carbonyl (C=O) groups excluding carboxylic acids is 3. The number of amides is 3. The quantitative estimate of drug-likeness (QED) is 0.800. The first kappa shape index (κ1) is 16.6. The number of urea groups is 1. The molecule has 1 fully saturated rings. The van der Waals surface area contributed by atoms with Crippen molar-refractivity contribution in [1.29, 1.82) is 0 Å². The van der Waals surface area contributed by atoms with Crippen LogP contribution < -0.4 is 10.6 Å². The molecule has 1 saturated carbocycles. The Balaban J connectivity index is 1.72. The minimum atomic E-state index is -0.686. The highest BCUT2D eigenvalue weighted by Crippen LogP contribution is 2.21.